The Morgan fingerprint density at radius 1 is 0.967 bits per heavy atom. The first-order valence-electron chi connectivity index (χ1n) is 10.0. The monoisotopic (exact) mass is 427 g/mol. The highest BCUT2D eigenvalue weighted by Crippen LogP contribution is 2.28. The molecule has 0 aromatic heterocycles. The summed E-state index contributed by atoms with van der Waals surface area (Å²) in [5, 5.41) is 0. The molecule has 2 fully saturated rings. The van der Waals surface area contributed by atoms with Crippen molar-refractivity contribution in [2.45, 2.75) is 13.8 Å². The Balaban J connectivity index is 1.43. The van der Waals surface area contributed by atoms with Gasteiger partial charge in [0.05, 0.1) is 17.4 Å². The zero-order valence-corrected chi connectivity index (χ0v) is 17.9. The number of anilines is 2. The molecule has 2 heterocycles. The summed E-state index contributed by atoms with van der Waals surface area (Å²) in [5.74, 6) is -1.26. The highest BCUT2D eigenvalue weighted by atomic mass is 32.2. The molecule has 2 aliphatic heterocycles. The summed E-state index contributed by atoms with van der Waals surface area (Å²) in [6, 6.07) is 14.6. The number of carbonyl (C=O) groups is 2. The molecule has 0 saturated carbocycles. The number of nitrogens with zero attached hydrogens (tertiary/aromatic N) is 3. The van der Waals surface area contributed by atoms with Crippen LogP contribution in [-0.4, -0.2) is 57.1 Å². The van der Waals surface area contributed by atoms with Gasteiger partial charge in [0.1, 0.15) is 0 Å². The Kier molecular flexibility index (Phi) is 5.27. The van der Waals surface area contributed by atoms with Crippen LogP contribution in [0.3, 0.4) is 0 Å². The Morgan fingerprint density at radius 3 is 2.20 bits per heavy atom. The average Bonchev–Trinajstić information content (AvgIpc) is 2.94. The van der Waals surface area contributed by atoms with Crippen LogP contribution < -0.4 is 9.21 Å². The van der Waals surface area contributed by atoms with Crippen molar-refractivity contribution in [3.8, 4) is 0 Å². The number of carbonyl (C=O) groups excluding carboxylic acids is 2. The maximum Gasteiger partial charge on any atom is 0.253 e. The van der Waals surface area contributed by atoms with Crippen molar-refractivity contribution in [2.24, 2.45) is 5.92 Å². The Labute approximate surface area is 176 Å². The summed E-state index contributed by atoms with van der Waals surface area (Å²) in [6.45, 7) is 6.41. The van der Waals surface area contributed by atoms with Gasteiger partial charge >= 0.3 is 0 Å². The van der Waals surface area contributed by atoms with Crippen LogP contribution in [0.25, 0.3) is 0 Å². The van der Waals surface area contributed by atoms with Crippen LogP contribution in [0, 0.1) is 12.8 Å². The van der Waals surface area contributed by atoms with E-state index in [1.165, 1.54) is 17.7 Å². The summed E-state index contributed by atoms with van der Waals surface area (Å²) in [7, 11) is -3.64. The molecule has 2 aliphatic rings. The van der Waals surface area contributed by atoms with Crippen molar-refractivity contribution >= 4 is 33.2 Å². The number of aryl methyl sites for hydroxylation is 1. The van der Waals surface area contributed by atoms with Gasteiger partial charge in [0.15, 0.2) is 0 Å². The zero-order valence-electron chi connectivity index (χ0n) is 17.1. The van der Waals surface area contributed by atoms with Gasteiger partial charge < -0.3 is 9.80 Å². The molecule has 8 heteroatoms. The number of rotatable bonds is 3. The molecule has 2 amide bonds. The van der Waals surface area contributed by atoms with Crippen molar-refractivity contribution in [3.05, 3.63) is 59.7 Å². The number of benzene rings is 2. The van der Waals surface area contributed by atoms with Crippen LogP contribution in [0.1, 0.15) is 22.8 Å². The van der Waals surface area contributed by atoms with E-state index in [2.05, 4.69) is 30.0 Å². The van der Waals surface area contributed by atoms with E-state index < -0.39 is 21.8 Å². The van der Waals surface area contributed by atoms with E-state index in [1.807, 2.05) is 6.07 Å². The molecule has 0 radical (unpaired) electrons. The maximum absolute atomic E-state index is 12.9. The minimum absolute atomic E-state index is 0.0885. The molecule has 30 heavy (non-hydrogen) atoms. The third-order valence-electron chi connectivity index (χ3n) is 5.64. The summed E-state index contributed by atoms with van der Waals surface area (Å²) in [4.78, 5) is 29.2. The second-order valence-electron chi connectivity index (χ2n) is 7.95. The first-order chi connectivity index (χ1) is 14.3. The quantitative estimate of drug-likeness (QED) is 0.751. The van der Waals surface area contributed by atoms with Crippen LogP contribution in [-0.2, 0) is 14.8 Å². The largest absolute Gasteiger partial charge is 0.368 e. The fourth-order valence-electron chi connectivity index (χ4n) is 4.00. The molecular weight excluding hydrogens is 402 g/mol. The van der Waals surface area contributed by atoms with Crippen LogP contribution in [0.5, 0.6) is 0 Å². The molecule has 2 aromatic carbocycles. The topological polar surface area (TPSA) is 78.0 Å². The molecule has 4 rings (SSSR count). The van der Waals surface area contributed by atoms with E-state index in [9.17, 15) is 18.0 Å². The zero-order chi connectivity index (χ0) is 21.5. The summed E-state index contributed by atoms with van der Waals surface area (Å²) in [6.07, 6.45) is 0. The van der Waals surface area contributed by atoms with E-state index >= 15 is 0 Å². The average molecular weight is 428 g/mol. The van der Waals surface area contributed by atoms with Gasteiger partial charge in [-0.3, -0.25) is 9.59 Å². The number of hydrogen-bond acceptors (Lipinski definition) is 5. The van der Waals surface area contributed by atoms with Gasteiger partial charge in [-0.1, -0.05) is 19.1 Å². The molecule has 158 valence electrons. The lowest BCUT2D eigenvalue weighted by atomic mass is 10.1. The van der Waals surface area contributed by atoms with E-state index in [4.69, 9.17) is 0 Å². The molecule has 1 atom stereocenters. The SMILES string of the molecule is Cc1cccc(N2CCN(C(=O)c3ccc(N4C(=O)C(C)CS4(=O)=O)cc3)CC2)c1. The van der Waals surface area contributed by atoms with Gasteiger partial charge in [0, 0.05) is 37.4 Å². The van der Waals surface area contributed by atoms with Crippen LogP contribution in [0.2, 0.25) is 0 Å². The van der Waals surface area contributed by atoms with Gasteiger partial charge in [0.25, 0.3) is 5.91 Å². The summed E-state index contributed by atoms with van der Waals surface area (Å²) < 4.78 is 25.3. The van der Waals surface area contributed by atoms with Crippen molar-refractivity contribution in [1.29, 1.82) is 0 Å². The van der Waals surface area contributed by atoms with E-state index in [0.717, 1.165) is 23.1 Å². The lowest BCUT2D eigenvalue weighted by molar-refractivity contribution is -0.119. The Hall–Kier alpha value is -2.87. The normalized spacial score (nSPS) is 21.2. The molecular formula is C22H25N3O4S. The number of amides is 2. The van der Waals surface area contributed by atoms with E-state index in [0.29, 0.717) is 18.7 Å². The molecule has 0 aliphatic carbocycles. The van der Waals surface area contributed by atoms with Crippen molar-refractivity contribution in [2.75, 3.05) is 41.1 Å². The number of piperazine rings is 1. The smallest absolute Gasteiger partial charge is 0.253 e. The minimum Gasteiger partial charge on any atom is -0.368 e. The third-order valence-corrected chi connectivity index (χ3v) is 7.51. The molecule has 2 aromatic rings. The second kappa shape index (κ2) is 7.75. The molecule has 0 spiro atoms. The van der Waals surface area contributed by atoms with Crippen molar-refractivity contribution in [3.63, 3.8) is 0 Å². The highest BCUT2D eigenvalue weighted by molar-refractivity contribution is 7.94. The minimum atomic E-state index is -3.64. The molecule has 1 unspecified atom stereocenters. The van der Waals surface area contributed by atoms with Crippen molar-refractivity contribution < 1.29 is 18.0 Å². The fraction of sp³-hybridized carbons (Fsp3) is 0.364. The Morgan fingerprint density at radius 2 is 1.63 bits per heavy atom. The standard InChI is InChI=1S/C22H25N3O4S/c1-16-4-3-5-20(14-16)23-10-12-24(13-11-23)22(27)18-6-8-19(9-7-18)25-21(26)17(2)15-30(25,28)29/h3-9,14,17H,10-13,15H2,1-2H3. The highest BCUT2D eigenvalue weighted by Gasteiger charge is 2.41. The molecule has 7 nitrogen and oxygen atoms in total. The lowest BCUT2D eigenvalue weighted by Gasteiger charge is -2.36. The maximum atomic E-state index is 12.9. The van der Waals surface area contributed by atoms with E-state index in [1.54, 1.807) is 24.0 Å². The van der Waals surface area contributed by atoms with Crippen LogP contribution in [0.4, 0.5) is 11.4 Å². The third kappa shape index (κ3) is 3.79. The first-order valence-corrected chi connectivity index (χ1v) is 11.6. The van der Waals surface area contributed by atoms with Crippen LogP contribution >= 0.6 is 0 Å². The van der Waals surface area contributed by atoms with Gasteiger partial charge in [-0.2, -0.15) is 0 Å². The second-order valence-corrected chi connectivity index (χ2v) is 9.81. The number of hydrogen-bond donors (Lipinski definition) is 0. The van der Waals surface area contributed by atoms with Gasteiger partial charge in [0.2, 0.25) is 15.9 Å². The summed E-state index contributed by atoms with van der Waals surface area (Å²) >= 11 is 0. The predicted octanol–water partition coefficient (Wildman–Crippen LogP) is 2.27. The molecule has 2 saturated heterocycles. The van der Waals surface area contributed by atoms with E-state index in [-0.39, 0.29) is 17.3 Å². The molecule has 0 bridgehead atoms. The lowest BCUT2D eigenvalue weighted by Crippen LogP contribution is -2.48. The van der Waals surface area contributed by atoms with Gasteiger partial charge in [-0.05, 0) is 48.9 Å². The van der Waals surface area contributed by atoms with Gasteiger partial charge in [-0.25, -0.2) is 12.7 Å². The summed E-state index contributed by atoms with van der Waals surface area (Å²) in [5.41, 5.74) is 3.14. The van der Waals surface area contributed by atoms with Gasteiger partial charge in [-0.15, -0.1) is 0 Å². The van der Waals surface area contributed by atoms with Crippen molar-refractivity contribution in [1.82, 2.24) is 4.90 Å². The predicted molar refractivity (Wildman–Crippen MR) is 116 cm³/mol. The number of sulfonamides is 1. The Bertz CT molecular complexity index is 1070. The van der Waals surface area contributed by atoms with Crippen LogP contribution in [0.15, 0.2) is 48.5 Å². The first kappa shape index (κ1) is 20.4. The molecule has 0 N–H and O–H groups in total. The fourth-order valence-corrected chi connectivity index (χ4v) is 5.82.